The van der Waals surface area contributed by atoms with Gasteiger partial charge in [0.25, 0.3) is 0 Å². The van der Waals surface area contributed by atoms with Crippen LogP contribution in [0.15, 0.2) is 21.7 Å². The van der Waals surface area contributed by atoms with Gasteiger partial charge in [0.1, 0.15) is 0 Å². The molecule has 0 spiro atoms. The Morgan fingerprint density at radius 3 is 2.22 bits per heavy atom. The van der Waals surface area contributed by atoms with E-state index in [2.05, 4.69) is 41.6 Å². The molecule has 1 aliphatic rings. The Bertz CT molecular complexity index is 351. The third kappa shape index (κ3) is 3.25. The van der Waals surface area contributed by atoms with E-state index in [9.17, 15) is 0 Å². The van der Waals surface area contributed by atoms with Crippen molar-refractivity contribution in [2.45, 2.75) is 47.8 Å². The van der Waals surface area contributed by atoms with Crippen LogP contribution < -0.4 is 0 Å². The molecule has 0 radical (unpaired) electrons. The fourth-order valence-electron chi connectivity index (χ4n) is 2.49. The first-order valence-electron chi connectivity index (χ1n) is 6.16. The van der Waals surface area contributed by atoms with E-state index in [-0.39, 0.29) is 0 Å². The fraction of sp³-hybridized carbons (Fsp3) is 0.714. The van der Waals surface area contributed by atoms with Gasteiger partial charge in [-0.3, -0.25) is 0 Å². The molecule has 0 saturated carbocycles. The van der Waals surface area contributed by atoms with Crippen LogP contribution in [0.25, 0.3) is 0 Å². The molecule has 0 heterocycles. The summed E-state index contributed by atoms with van der Waals surface area (Å²) in [4.78, 5) is 0. The molecule has 0 aromatic heterocycles. The van der Waals surface area contributed by atoms with Gasteiger partial charge in [0.15, 0.2) is 0 Å². The summed E-state index contributed by atoms with van der Waals surface area (Å²) in [5, 5.41) is 7.42. The van der Waals surface area contributed by atoms with Crippen LogP contribution in [0, 0.1) is 0 Å². The van der Waals surface area contributed by atoms with E-state index in [1.54, 1.807) is 23.8 Å². The summed E-state index contributed by atoms with van der Waals surface area (Å²) >= 11 is -1.68. The molecule has 0 fully saturated rings. The van der Waals surface area contributed by atoms with Crippen molar-refractivity contribution in [2.75, 3.05) is 14.2 Å². The summed E-state index contributed by atoms with van der Waals surface area (Å²) in [6.45, 7) is 4.44. The minimum absolute atomic E-state index is 0.462. The molecular formula is C14H28O2PtSi. The molecule has 0 aliphatic heterocycles. The van der Waals surface area contributed by atoms with E-state index in [4.69, 9.17) is 8.85 Å². The zero-order valence-corrected chi connectivity index (χ0v) is 16.1. The molecule has 4 heteroatoms. The van der Waals surface area contributed by atoms with Crippen molar-refractivity contribution < 1.29 is 24.9 Å². The van der Waals surface area contributed by atoms with Gasteiger partial charge in [-0.15, -0.1) is 0 Å². The van der Waals surface area contributed by atoms with Crippen molar-refractivity contribution in [3.8, 4) is 0 Å². The van der Waals surface area contributed by atoms with Crippen LogP contribution >= 0.6 is 0 Å². The first-order valence-corrected chi connectivity index (χ1v) is 16.5. The number of hydrogen-bond donors (Lipinski definition) is 0. The van der Waals surface area contributed by atoms with Crippen LogP contribution in [0.1, 0.15) is 19.8 Å². The van der Waals surface area contributed by atoms with Crippen molar-refractivity contribution in [1.82, 2.24) is 0 Å². The molecule has 0 aromatic rings. The molecule has 1 rings (SSSR count). The van der Waals surface area contributed by atoms with E-state index >= 15 is 0 Å². The molecule has 2 nitrogen and oxygen atoms in total. The van der Waals surface area contributed by atoms with Crippen LogP contribution in [0.4, 0.5) is 0 Å². The van der Waals surface area contributed by atoms with Crippen LogP contribution in [0.3, 0.4) is 0 Å². The van der Waals surface area contributed by atoms with Crippen molar-refractivity contribution in [1.29, 1.82) is 0 Å². The molecule has 1 atom stereocenters. The summed E-state index contributed by atoms with van der Waals surface area (Å²) in [5.41, 5.74) is 2.00. The fourth-order valence-corrected chi connectivity index (χ4v) is 9.31. The van der Waals surface area contributed by atoms with E-state index in [0.29, 0.717) is 5.54 Å². The zero-order valence-electron chi connectivity index (χ0n) is 12.8. The monoisotopic (exact) mass is 451 g/mol. The van der Waals surface area contributed by atoms with Gasteiger partial charge in [0.05, 0.1) is 0 Å². The molecule has 1 aliphatic carbocycles. The van der Waals surface area contributed by atoms with E-state index in [0.717, 1.165) is 12.8 Å². The summed E-state index contributed by atoms with van der Waals surface area (Å²) in [5.74, 6) is 0. The van der Waals surface area contributed by atoms with Gasteiger partial charge in [-0.1, -0.05) is 0 Å². The average molecular weight is 452 g/mol. The van der Waals surface area contributed by atoms with Crippen LogP contribution in [0.5, 0.6) is 0 Å². The standard InChI is InChI=1S/C11H19O2Si.3CH3.Pt/c1-5-11(10-8-6-7-9-10)14(4,12-2)13-3;;;;/h6,8,11H,5,7H2,1-4H3;3*1H3;. The van der Waals surface area contributed by atoms with Crippen molar-refractivity contribution in [3.63, 3.8) is 0 Å². The maximum atomic E-state index is 5.78. The van der Waals surface area contributed by atoms with E-state index < -0.39 is 24.6 Å². The van der Waals surface area contributed by atoms with Crippen LogP contribution in [-0.4, -0.2) is 22.8 Å². The maximum absolute atomic E-state index is 5.78. The summed E-state index contributed by atoms with van der Waals surface area (Å²) in [6.07, 6.45) is 6.92. The second-order valence-electron chi connectivity index (χ2n) is 5.24. The second-order valence-corrected chi connectivity index (χ2v) is 20.4. The molecule has 18 heavy (non-hydrogen) atoms. The number of allylic oxidation sites excluding steroid dienone is 4. The van der Waals surface area contributed by atoms with Crippen molar-refractivity contribution in [2.24, 2.45) is 0 Å². The van der Waals surface area contributed by atoms with Crippen LogP contribution in [-0.2, 0) is 24.9 Å². The number of hydrogen-bond acceptors (Lipinski definition) is 2. The SMILES string of the molecule is CCC(C1=[C]([Pt]([CH3])([CH3])[CH3])CC=C1)[Si](C)(OC)OC. The van der Waals surface area contributed by atoms with Crippen LogP contribution in [0.2, 0.25) is 28.0 Å². The van der Waals surface area contributed by atoms with Gasteiger partial charge < -0.3 is 0 Å². The Labute approximate surface area is 117 Å². The Morgan fingerprint density at radius 2 is 1.83 bits per heavy atom. The average Bonchev–Trinajstić information content (AvgIpc) is 2.78. The van der Waals surface area contributed by atoms with Crippen molar-refractivity contribution >= 4 is 8.56 Å². The summed E-state index contributed by atoms with van der Waals surface area (Å²) < 4.78 is 13.3. The first-order chi connectivity index (χ1) is 8.30. The van der Waals surface area contributed by atoms with Crippen molar-refractivity contribution in [3.05, 3.63) is 21.7 Å². The van der Waals surface area contributed by atoms with Gasteiger partial charge in [0.2, 0.25) is 0 Å². The Balaban J connectivity index is 3.19. The molecular weight excluding hydrogens is 423 g/mol. The Kier molecular flexibility index (Phi) is 5.61. The molecule has 1 unspecified atom stereocenters. The Hall–Kier alpha value is 0.305. The van der Waals surface area contributed by atoms with Gasteiger partial charge >= 0.3 is 117 Å². The predicted molar refractivity (Wildman–Crippen MR) is 78.1 cm³/mol. The summed E-state index contributed by atoms with van der Waals surface area (Å²) in [7, 11) is 1.51. The molecule has 0 amide bonds. The van der Waals surface area contributed by atoms with Gasteiger partial charge in [0, 0.05) is 0 Å². The zero-order chi connectivity index (χ0) is 14.0. The molecule has 110 valence electrons. The summed E-state index contributed by atoms with van der Waals surface area (Å²) in [6, 6.07) is 0. The molecule has 0 saturated heterocycles. The second kappa shape index (κ2) is 6.17. The normalized spacial score (nSPS) is 19.5. The quantitative estimate of drug-likeness (QED) is 0.548. The molecule has 0 N–H and O–H groups in total. The predicted octanol–water partition coefficient (Wildman–Crippen LogP) is 4.64. The molecule has 0 aromatic carbocycles. The van der Waals surface area contributed by atoms with Gasteiger partial charge in [-0.25, -0.2) is 0 Å². The third-order valence-corrected chi connectivity index (χ3v) is 12.5. The molecule has 0 bridgehead atoms. The number of rotatable bonds is 6. The first kappa shape index (κ1) is 16.4. The van der Waals surface area contributed by atoms with Gasteiger partial charge in [-0.2, -0.15) is 0 Å². The topological polar surface area (TPSA) is 18.5 Å². The Morgan fingerprint density at radius 1 is 1.28 bits per heavy atom. The third-order valence-electron chi connectivity index (χ3n) is 3.68. The minimum atomic E-state index is -2.09. The van der Waals surface area contributed by atoms with E-state index in [1.807, 2.05) is 0 Å². The van der Waals surface area contributed by atoms with Gasteiger partial charge in [-0.05, 0) is 0 Å². The van der Waals surface area contributed by atoms with E-state index in [1.165, 1.54) is 0 Å².